The SMILES string of the molecule is Cc1c(C(CN)N2CCCC2)ncn1C. The average molecular weight is 208 g/mol. The molecule has 15 heavy (non-hydrogen) atoms. The predicted octanol–water partition coefficient (Wildman–Crippen LogP) is 0.824. The standard InChI is InChI=1S/C11H20N4/c1-9-11(13-8-14(9)2)10(7-12)15-5-3-4-6-15/h8,10H,3-7,12H2,1-2H3. The molecular weight excluding hydrogens is 188 g/mol. The van der Waals surface area contributed by atoms with E-state index in [2.05, 4.69) is 21.4 Å². The second-order valence-corrected chi connectivity index (χ2v) is 4.32. The van der Waals surface area contributed by atoms with E-state index in [1.165, 1.54) is 18.5 Å². The number of aryl methyl sites for hydroxylation is 1. The molecule has 0 bridgehead atoms. The maximum atomic E-state index is 5.87. The summed E-state index contributed by atoms with van der Waals surface area (Å²) in [5.74, 6) is 0. The average Bonchev–Trinajstić information content (AvgIpc) is 2.84. The van der Waals surface area contributed by atoms with Crippen molar-refractivity contribution in [2.45, 2.75) is 25.8 Å². The van der Waals surface area contributed by atoms with Gasteiger partial charge in [-0.25, -0.2) is 4.98 Å². The van der Waals surface area contributed by atoms with Gasteiger partial charge in [0.2, 0.25) is 0 Å². The third kappa shape index (κ3) is 1.92. The lowest BCUT2D eigenvalue weighted by Gasteiger charge is -2.25. The van der Waals surface area contributed by atoms with Gasteiger partial charge in [-0.3, -0.25) is 4.90 Å². The van der Waals surface area contributed by atoms with E-state index in [4.69, 9.17) is 5.73 Å². The molecule has 0 radical (unpaired) electrons. The number of hydrogen-bond acceptors (Lipinski definition) is 3. The summed E-state index contributed by atoms with van der Waals surface area (Å²) < 4.78 is 2.06. The molecule has 0 aromatic carbocycles. The Bertz CT molecular complexity index is 325. The van der Waals surface area contributed by atoms with Crippen LogP contribution in [0.1, 0.15) is 30.3 Å². The minimum atomic E-state index is 0.314. The van der Waals surface area contributed by atoms with Gasteiger partial charge >= 0.3 is 0 Å². The topological polar surface area (TPSA) is 47.1 Å². The second-order valence-electron chi connectivity index (χ2n) is 4.32. The second kappa shape index (κ2) is 4.33. The van der Waals surface area contributed by atoms with Crippen molar-refractivity contribution in [2.24, 2.45) is 12.8 Å². The van der Waals surface area contributed by atoms with Crippen LogP contribution in [0.15, 0.2) is 6.33 Å². The van der Waals surface area contributed by atoms with Crippen molar-refractivity contribution in [3.63, 3.8) is 0 Å². The van der Waals surface area contributed by atoms with Gasteiger partial charge in [0.1, 0.15) is 0 Å². The van der Waals surface area contributed by atoms with Crippen molar-refractivity contribution in [3.8, 4) is 0 Å². The van der Waals surface area contributed by atoms with Crippen LogP contribution in [0, 0.1) is 6.92 Å². The molecule has 2 rings (SSSR count). The molecule has 2 heterocycles. The number of nitrogens with two attached hydrogens (primary N) is 1. The molecule has 0 amide bonds. The van der Waals surface area contributed by atoms with Crippen molar-refractivity contribution in [3.05, 3.63) is 17.7 Å². The largest absolute Gasteiger partial charge is 0.338 e. The maximum Gasteiger partial charge on any atom is 0.0949 e. The molecule has 0 saturated carbocycles. The van der Waals surface area contributed by atoms with Gasteiger partial charge in [-0.2, -0.15) is 0 Å². The highest BCUT2D eigenvalue weighted by Crippen LogP contribution is 2.24. The van der Waals surface area contributed by atoms with Gasteiger partial charge in [-0.15, -0.1) is 0 Å². The summed E-state index contributed by atoms with van der Waals surface area (Å²) in [5.41, 5.74) is 8.26. The Morgan fingerprint density at radius 1 is 1.47 bits per heavy atom. The van der Waals surface area contributed by atoms with Crippen LogP contribution in [0.4, 0.5) is 0 Å². The van der Waals surface area contributed by atoms with Crippen molar-refractivity contribution in [1.82, 2.24) is 14.5 Å². The minimum Gasteiger partial charge on any atom is -0.338 e. The highest BCUT2D eigenvalue weighted by molar-refractivity contribution is 5.16. The van der Waals surface area contributed by atoms with Crippen molar-refractivity contribution in [2.75, 3.05) is 19.6 Å². The lowest BCUT2D eigenvalue weighted by Crippen LogP contribution is -2.32. The van der Waals surface area contributed by atoms with Crippen LogP contribution in [-0.2, 0) is 7.05 Å². The fraction of sp³-hybridized carbons (Fsp3) is 0.727. The molecule has 0 aliphatic carbocycles. The van der Waals surface area contributed by atoms with Crippen molar-refractivity contribution < 1.29 is 0 Å². The molecule has 4 nitrogen and oxygen atoms in total. The first-order valence-corrected chi connectivity index (χ1v) is 5.66. The molecule has 0 spiro atoms. The Hall–Kier alpha value is -0.870. The van der Waals surface area contributed by atoms with Crippen molar-refractivity contribution >= 4 is 0 Å². The zero-order chi connectivity index (χ0) is 10.8. The molecular formula is C11H20N4. The summed E-state index contributed by atoms with van der Waals surface area (Å²) in [6.45, 7) is 5.11. The van der Waals surface area contributed by atoms with Crippen LogP contribution in [0.3, 0.4) is 0 Å². The first-order valence-electron chi connectivity index (χ1n) is 5.66. The molecule has 1 aliphatic rings. The zero-order valence-electron chi connectivity index (χ0n) is 9.61. The third-order valence-corrected chi connectivity index (χ3v) is 3.39. The molecule has 1 unspecified atom stereocenters. The van der Waals surface area contributed by atoms with Crippen LogP contribution in [0.5, 0.6) is 0 Å². The van der Waals surface area contributed by atoms with Gasteiger partial charge < -0.3 is 10.3 Å². The fourth-order valence-electron chi connectivity index (χ4n) is 2.32. The number of nitrogens with zero attached hydrogens (tertiary/aromatic N) is 3. The minimum absolute atomic E-state index is 0.314. The zero-order valence-corrected chi connectivity index (χ0v) is 9.61. The number of likely N-dealkylation sites (tertiary alicyclic amines) is 1. The predicted molar refractivity (Wildman–Crippen MR) is 60.5 cm³/mol. The van der Waals surface area contributed by atoms with E-state index in [9.17, 15) is 0 Å². The monoisotopic (exact) mass is 208 g/mol. The summed E-state index contributed by atoms with van der Waals surface area (Å²) >= 11 is 0. The van der Waals surface area contributed by atoms with E-state index in [1.54, 1.807) is 0 Å². The summed E-state index contributed by atoms with van der Waals surface area (Å²) in [4.78, 5) is 6.93. The summed E-state index contributed by atoms with van der Waals surface area (Å²) in [6.07, 6.45) is 4.47. The maximum absolute atomic E-state index is 5.87. The van der Waals surface area contributed by atoms with E-state index in [-0.39, 0.29) is 0 Å². The molecule has 4 heteroatoms. The van der Waals surface area contributed by atoms with Crippen LogP contribution < -0.4 is 5.73 Å². The molecule has 84 valence electrons. The first-order chi connectivity index (χ1) is 7.24. The highest BCUT2D eigenvalue weighted by Gasteiger charge is 2.25. The summed E-state index contributed by atoms with van der Waals surface area (Å²) in [7, 11) is 2.03. The number of imidazole rings is 1. The first kappa shape index (κ1) is 10.6. The molecule has 1 aromatic heterocycles. The summed E-state index contributed by atoms with van der Waals surface area (Å²) in [6, 6.07) is 0.314. The fourth-order valence-corrected chi connectivity index (χ4v) is 2.32. The van der Waals surface area contributed by atoms with Gasteiger partial charge in [-0.05, 0) is 32.9 Å². The van der Waals surface area contributed by atoms with Crippen molar-refractivity contribution in [1.29, 1.82) is 0 Å². The van der Waals surface area contributed by atoms with Crippen LogP contribution in [-0.4, -0.2) is 34.1 Å². The summed E-state index contributed by atoms with van der Waals surface area (Å²) in [5, 5.41) is 0. The Morgan fingerprint density at radius 2 is 2.13 bits per heavy atom. The number of rotatable bonds is 3. The van der Waals surface area contributed by atoms with E-state index in [0.717, 1.165) is 18.8 Å². The van der Waals surface area contributed by atoms with E-state index >= 15 is 0 Å². The Balaban J connectivity index is 2.22. The molecule has 1 aromatic rings. The Kier molecular flexibility index (Phi) is 3.07. The van der Waals surface area contributed by atoms with E-state index in [1.807, 2.05) is 13.4 Å². The molecule has 1 fully saturated rings. The number of aromatic nitrogens is 2. The molecule has 1 aliphatic heterocycles. The van der Waals surface area contributed by atoms with Crippen LogP contribution >= 0.6 is 0 Å². The Morgan fingerprint density at radius 3 is 2.60 bits per heavy atom. The molecule has 2 N–H and O–H groups in total. The van der Waals surface area contributed by atoms with E-state index in [0.29, 0.717) is 12.6 Å². The molecule has 1 saturated heterocycles. The van der Waals surface area contributed by atoms with Gasteiger partial charge in [0.25, 0.3) is 0 Å². The Labute approximate surface area is 91.1 Å². The van der Waals surface area contributed by atoms with Gasteiger partial charge in [0.15, 0.2) is 0 Å². The molecule has 1 atom stereocenters. The van der Waals surface area contributed by atoms with Gasteiger partial charge in [-0.1, -0.05) is 0 Å². The smallest absolute Gasteiger partial charge is 0.0949 e. The van der Waals surface area contributed by atoms with Gasteiger partial charge in [0, 0.05) is 19.3 Å². The van der Waals surface area contributed by atoms with Crippen LogP contribution in [0.25, 0.3) is 0 Å². The lowest BCUT2D eigenvalue weighted by atomic mass is 10.1. The van der Waals surface area contributed by atoms with Crippen LogP contribution in [0.2, 0.25) is 0 Å². The number of hydrogen-bond donors (Lipinski definition) is 1. The third-order valence-electron chi connectivity index (χ3n) is 3.39. The quantitative estimate of drug-likeness (QED) is 0.800. The lowest BCUT2D eigenvalue weighted by molar-refractivity contribution is 0.246. The highest BCUT2D eigenvalue weighted by atomic mass is 15.2. The van der Waals surface area contributed by atoms with Gasteiger partial charge in [0.05, 0.1) is 18.1 Å². The normalized spacial score (nSPS) is 19.7. The van der Waals surface area contributed by atoms with E-state index < -0.39 is 0 Å².